The summed E-state index contributed by atoms with van der Waals surface area (Å²) in [4.78, 5) is 9.90. The molecule has 0 aliphatic rings. The van der Waals surface area contributed by atoms with Crippen molar-refractivity contribution >= 4 is 99.9 Å². The quantitative estimate of drug-likeness (QED) is 0.161. The molecule has 12 rings (SSSR count). The minimum absolute atomic E-state index is 0.514. The third-order valence-corrected chi connectivity index (χ3v) is 11.2. The molecular formula is C53H33N3O3. The van der Waals surface area contributed by atoms with Gasteiger partial charge in [0, 0.05) is 49.9 Å². The Labute approximate surface area is 338 Å². The van der Waals surface area contributed by atoms with E-state index in [1.807, 2.05) is 54.6 Å². The van der Waals surface area contributed by atoms with Crippen LogP contribution in [0, 0.1) is 0 Å². The van der Waals surface area contributed by atoms with E-state index in [9.17, 15) is 0 Å². The number of benzene rings is 9. The van der Waals surface area contributed by atoms with Crippen molar-refractivity contribution < 1.29 is 13.3 Å². The Kier molecular flexibility index (Phi) is 7.43. The third-order valence-electron chi connectivity index (χ3n) is 11.2. The molecule has 0 unspecified atom stereocenters. The van der Waals surface area contributed by atoms with E-state index in [4.69, 9.17) is 18.2 Å². The zero-order valence-corrected chi connectivity index (χ0v) is 31.6. The highest BCUT2D eigenvalue weighted by Gasteiger charge is 2.26. The lowest BCUT2D eigenvalue weighted by molar-refractivity contribution is 0.620. The molecule has 0 aliphatic heterocycles. The molecule has 278 valence electrons. The highest BCUT2D eigenvalue weighted by molar-refractivity contribution is 6.12. The van der Waals surface area contributed by atoms with E-state index < -0.39 is 0 Å². The van der Waals surface area contributed by atoms with Gasteiger partial charge in [-0.25, -0.2) is 4.98 Å². The Morgan fingerprint density at radius 2 is 0.966 bits per heavy atom. The summed E-state index contributed by atoms with van der Waals surface area (Å²) in [6, 6.07) is 69.1. The van der Waals surface area contributed by atoms with Gasteiger partial charge in [0.1, 0.15) is 27.8 Å². The van der Waals surface area contributed by atoms with Gasteiger partial charge in [-0.05, 0) is 102 Å². The predicted octanol–water partition coefficient (Wildman–Crippen LogP) is 15.4. The SMILES string of the molecule is c1ccc(N(c2cc(N(c3ccccc3)c3ccc4ccccc4c3)c3oc(-c4cccc5oc6ccccc6c45)nc3c2)c2ccc3oc4ccccc4c3c2)cc1. The van der Waals surface area contributed by atoms with Gasteiger partial charge in [-0.3, -0.25) is 0 Å². The van der Waals surface area contributed by atoms with Gasteiger partial charge in [-0.1, -0.05) is 109 Å². The largest absolute Gasteiger partial charge is 0.456 e. The van der Waals surface area contributed by atoms with Crippen LogP contribution in [0.25, 0.3) is 77.2 Å². The first-order valence-corrected chi connectivity index (χ1v) is 19.7. The number of anilines is 6. The second kappa shape index (κ2) is 13.3. The fourth-order valence-corrected chi connectivity index (χ4v) is 8.56. The summed E-state index contributed by atoms with van der Waals surface area (Å²) in [5.41, 5.74) is 11.3. The average molecular weight is 760 g/mol. The van der Waals surface area contributed by atoms with Gasteiger partial charge >= 0.3 is 0 Å². The number of aromatic nitrogens is 1. The maximum Gasteiger partial charge on any atom is 0.228 e. The lowest BCUT2D eigenvalue weighted by Gasteiger charge is -2.29. The maximum absolute atomic E-state index is 7.04. The first-order valence-electron chi connectivity index (χ1n) is 19.7. The van der Waals surface area contributed by atoms with E-state index in [2.05, 4.69) is 155 Å². The predicted molar refractivity (Wildman–Crippen MR) is 241 cm³/mol. The topological polar surface area (TPSA) is 58.8 Å². The Morgan fingerprint density at radius 3 is 1.78 bits per heavy atom. The number of nitrogens with zero attached hydrogens (tertiary/aromatic N) is 3. The lowest BCUT2D eigenvalue weighted by atomic mass is 10.1. The van der Waals surface area contributed by atoms with Crippen LogP contribution in [0.2, 0.25) is 0 Å². The molecular weight excluding hydrogens is 727 g/mol. The molecule has 0 fully saturated rings. The number of fused-ring (bicyclic) bond motifs is 8. The summed E-state index contributed by atoms with van der Waals surface area (Å²) in [5.74, 6) is 0.514. The summed E-state index contributed by atoms with van der Waals surface area (Å²) >= 11 is 0. The van der Waals surface area contributed by atoms with Crippen LogP contribution >= 0.6 is 0 Å². The van der Waals surface area contributed by atoms with Crippen molar-refractivity contribution in [2.45, 2.75) is 0 Å². The first-order chi connectivity index (χ1) is 29.2. The Morgan fingerprint density at radius 1 is 0.356 bits per heavy atom. The van der Waals surface area contributed by atoms with Crippen molar-refractivity contribution in [3.05, 3.63) is 200 Å². The van der Waals surface area contributed by atoms with Crippen LogP contribution in [0.3, 0.4) is 0 Å². The summed E-state index contributed by atoms with van der Waals surface area (Å²) in [7, 11) is 0. The number of rotatable bonds is 7. The normalized spacial score (nSPS) is 11.7. The van der Waals surface area contributed by atoms with Gasteiger partial charge < -0.3 is 23.1 Å². The van der Waals surface area contributed by atoms with Crippen molar-refractivity contribution in [2.24, 2.45) is 0 Å². The Balaban J connectivity index is 1.15. The summed E-state index contributed by atoms with van der Waals surface area (Å²) in [6.07, 6.45) is 0. The second-order valence-corrected chi connectivity index (χ2v) is 14.8. The van der Waals surface area contributed by atoms with Crippen molar-refractivity contribution in [2.75, 3.05) is 9.80 Å². The highest BCUT2D eigenvalue weighted by atomic mass is 16.4. The minimum Gasteiger partial charge on any atom is -0.456 e. The molecule has 0 atom stereocenters. The Hall–Kier alpha value is -8.09. The van der Waals surface area contributed by atoms with E-state index in [0.717, 1.165) is 94.5 Å². The monoisotopic (exact) mass is 759 g/mol. The summed E-state index contributed by atoms with van der Waals surface area (Å²) < 4.78 is 19.6. The molecule has 12 aromatic rings. The molecule has 59 heavy (non-hydrogen) atoms. The van der Waals surface area contributed by atoms with Crippen LogP contribution in [-0.2, 0) is 0 Å². The van der Waals surface area contributed by atoms with Crippen LogP contribution in [0.4, 0.5) is 34.1 Å². The van der Waals surface area contributed by atoms with E-state index in [1.165, 1.54) is 5.39 Å². The summed E-state index contributed by atoms with van der Waals surface area (Å²) in [6.45, 7) is 0. The molecule has 0 N–H and O–H groups in total. The van der Waals surface area contributed by atoms with E-state index in [1.54, 1.807) is 0 Å². The second-order valence-electron chi connectivity index (χ2n) is 14.8. The molecule has 0 spiro atoms. The summed E-state index contributed by atoms with van der Waals surface area (Å²) in [5, 5.41) is 6.41. The molecule has 3 aromatic heterocycles. The molecule has 0 saturated heterocycles. The van der Waals surface area contributed by atoms with Gasteiger partial charge in [-0.2, -0.15) is 0 Å². The molecule has 0 saturated carbocycles. The van der Waals surface area contributed by atoms with Crippen molar-refractivity contribution in [1.82, 2.24) is 4.98 Å². The van der Waals surface area contributed by atoms with Gasteiger partial charge in [0.2, 0.25) is 5.89 Å². The highest BCUT2D eigenvalue weighted by Crippen LogP contribution is 2.47. The van der Waals surface area contributed by atoms with E-state index >= 15 is 0 Å². The van der Waals surface area contributed by atoms with Crippen LogP contribution < -0.4 is 9.80 Å². The van der Waals surface area contributed by atoms with Gasteiger partial charge in [0.15, 0.2) is 5.58 Å². The average Bonchev–Trinajstić information content (AvgIpc) is 4.01. The van der Waals surface area contributed by atoms with Crippen LogP contribution in [0.5, 0.6) is 0 Å². The van der Waals surface area contributed by atoms with Gasteiger partial charge in [0.05, 0.1) is 11.4 Å². The molecule has 3 heterocycles. The molecule has 6 nitrogen and oxygen atoms in total. The van der Waals surface area contributed by atoms with Crippen LogP contribution in [0.1, 0.15) is 0 Å². The molecule has 0 aliphatic carbocycles. The molecule has 0 radical (unpaired) electrons. The van der Waals surface area contributed by atoms with E-state index in [-0.39, 0.29) is 0 Å². The maximum atomic E-state index is 7.04. The van der Waals surface area contributed by atoms with Gasteiger partial charge in [0.25, 0.3) is 0 Å². The number of para-hydroxylation sites is 4. The standard InChI is InChI=1S/C53H33N3O3/c1-3-16-36(17-4-1)55(39-28-29-49-44(31-39)41-20-9-11-23-47(41)57-49)40-32-45-52(59-53(54-45)43-22-13-25-50-51(43)42-21-10-12-24-48(42)58-50)46(33-40)56(37-18-5-2-6-19-37)38-27-26-34-14-7-8-15-35(34)30-38/h1-33H. The zero-order chi connectivity index (χ0) is 38.9. The molecule has 0 amide bonds. The van der Waals surface area contributed by atoms with Gasteiger partial charge in [-0.15, -0.1) is 0 Å². The Bertz CT molecular complexity index is 3530. The van der Waals surface area contributed by atoms with Crippen LogP contribution in [0.15, 0.2) is 213 Å². The smallest absolute Gasteiger partial charge is 0.228 e. The molecule has 6 heteroatoms. The molecule has 9 aromatic carbocycles. The zero-order valence-electron chi connectivity index (χ0n) is 31.6. The number of hydrogen-bond donors (Lipinski definition) is 0. The number of hydrogen-bond acceptors (Lipinski definition) is 6. The van der Waals surface area contributed by atoms with E-state index in [0.29, 0.717) is 11.5 Å². The fourth-order valence-electron chi connectivity index (χ4n) is 8.56. The third kappa shape index (κ3) is 5.46. The fraction of sp³-hybridized carbons (Fsp3) is 0. The molecule has 0 bridgehead atoms. The number of furan rings is 2. The van der Waals surface area contributed by atoms with Crippen molar-refractivity contribution in [3.8, 4) is 11.5 Å². The first kappa shape index (κ1) is 33.1. The van der Waals surface area contributed by atoms with Crippen molar-refractivity contribution in [1.29, 1.82) is 0 Å². The van der Waals surface area contributed by atoms with Crippen molar-refractivity contribution in [3.63, 3.8) is 0 Å². The lowest BCUT2D eigenvalue weighted by Crippen LogP contribution is -2.13. The number of oxazole rings is 1. The van der Waals surface area contributed by atoms with Crippen LogP contribution in [-0.4, -0.2) is 4.98 Å². The minimum atomic E-state index is 0.514.